The molecule has 4 aromatic rings. The van der Waals surface area contributed by atoms with Crippen molar-refractivity contribution in [3.63, 3.8) is 0 Å². The first-order valence-electron chi connectivity index (χ1n) is 9.90. The average Bonchev–Trinajstić information content (AvgIpc) is 3.45. The van der Waals surface area contributed by atoms with Crippen LogP contribution in [0.2, 0.25) is 10.0 Å². The summed E-state index contributed by atoms with van der Waals surface area (Å²) in [6.45, 7) is 0.491. The van der Waals surface area contributed by atoms with Crippen molar-refractivity contribution in [2.24, 2.45) is 4.99 Å². The molecule has 1 unspecified atom stereocenters. The minimum atomic E-state index is -0.907. The van der Waals surface area contributed by atoms with Crippen molar-refractivity contribution in [3.05, 3.63) is 106 Å². The van der Waals surface area contributed by atoms with E-state index in [2.05, 4.69) is 10.1 Å². The molecule has 0 saturated carbocycles. The van der Waals surface area contributed by atoms with E-state index < -0.39 is 11.4 Å². The number of aliphatic imine (C=N–C) groups is 1. The highest BCUT2D eigenvalue weighted by atomic mass is 35.5. The Hall–Kier alpha value is -3.22. The number of rotatable bonds is 5. The lowest BCUT2D eigenvalue weighted by atomic mass is 9.91. The van der Waals surface area contributed by atoms with Crippen LogP contribution in [-0.4, -0.2) is 27.3 Å². The number of nitrogens with zero attached hydrogens (tertiary/aromatic N) is 4. The van der Waals surface area contributed by atoms with Gasteiger partial charge >= 0.3 is 0 Å². The molecule has 0 amide bonds. The van der Waals surface area contributed by atoms with E-state index >= 15 is 4.39 Å². The maximum absolute atomic E-state index is 15.1. The Labute approximate surface area is 194 Å². The van der Waals surface area contributed by atoms with Crippen LogP contribution in [0.4, 0.5) is 4.39 Å². The molecule has 2 heterocycles. The van der Waals surface area contributed by atoms with E-state index in [1.807, 2.05) is 42.5 Å². The van der Waals surface area contributed by atoms with Gasteiger partial charge < -0.3 is 4.74 Å². The van der Waals surface area contributed by atoms with Gasteiger partial charge in [-0.3, -0.25) is 4.68 Å². The van der Waals surface area contributed by atoms with Crippen molar-refractivity contribution >= 4 is 29.1 Å². The summed E-state index contributed by atoms with van der Waals surface area (Å²) in [6, 6.07) is 19.9. The van der Waals surface area contributed by atoms with Gasteiger partial charge in [-0.1, -0.05) is 65.7 Å². The Bertz CT molecular complexity index is 1290. The van der Waals surface area contributed by atoms with Crippen LogP contribution in [0.1, 0.15) is 11.1 Å². The van der Waals surface area contributed by atoms with Crippen molar-refractivity contribution in [2.75, 3.05) is 6.61 Å². The van der Waals surface area contributed by atoms with Crippen LogP contribution in [0.25, 0.3) is 11.1 Å². The summed E-state index contributed by atoms with van der Waals surface area (Å²) in [4.78, 5) is 8.83. The van der Waals surface area contributed by atoms with Crippen LogP contribution in [0.3, 0.4) is 0 Å². The molecule has 5 nitrogen and oxygen atoms in total. The second-order valence-electron chi connectivity index (χ2n) is 7.52. The predicted molar refractivity (Wildman–Crippen MR) is 122 cm³/mol. The summed E-state index contributed by atoms with van der Waals surface area (Å²) in [5.74, 6) is -0.197. The minimum absolute atomic E-state index is 0.170. The smallest absolute Gasteiger partial charge is 0.220 e. The monoisotopic (exact) mass is 466 g/mol. The van der Waals surface area contributed by atoms with Gasteiger partial charge in [0.25, 0.3) is 0 Å². The summed E-state index contributed by atoms with van der Waals surface area (Å²) in [5, 5.41) is 5.16. The second kappa shape index (κ2) is 8.37. The number of benzene rings is 3. The topological polar surface area (TPSA) is 52.3 Å². The van der Waals surface area contributed by atoms with Crippen molar-refractivity contribution in [3.8, 4) is 11.1 Å². The van der Waals surface area contributed by atoms with Crippen LogP contribution < -0.4 is 0 Å². The van der Waals surface area contributed by atoms with Gasteiger partial charge in [-0.15, -0.1) is 0 Å². The van der Waals surface area contributed by atoms with Crippen LogP contribution in [-0.2, 0) is 16.8 Å². The van der Waals surface area contributed by atoms with E-state index in [9.17, 15) is 0 Å². The molecule has 3 aromatic carbocycles. The molecule has 32 heavy (non-hydrogen) atoms. The summed E-state index contributed by atoms with van der Waals surface area (Å²) >= 11 is 12.6. The van der Waals surface area contributed by atoms with E-state index in [4.69, 9.17) is 32.9 Å². The molecule has 0 spiro atoms. The Morgan fingerprint density at radius 2 is 1.84 bits per heavy atom. The zero-order valence-corrected chi connectivity index (χ0v) is 18.3. The molecule has 1 aliphatic heterocycles. The third kappa shape index (κ3) is 3.87. The van der Waals surface area contributed by atoms with Gasteiger partial charge in [0.2, 0.25) is 5.90 Å². The first-order valence-corrected chi connectivity index (χ1v) is 10.7. The zero-order chi connectivity index (χ0) is 22.1. The summed E-state index contributed by atoms with van der Waals surface area (Å²) in [5.41, 5.74) is 1.81. The molecular weight excluding hydrogens is 450 g/mol. The van der Waals surface area contributed by atoms with E-state index in [0.717, 1.165) is 16.7 Å². The molecule has 0 fully saturated rings. The summed E-state index contributed by atoms with van der Waals surface area (Å²) < 4.78 is 22.7. The molecule has 5 rings (SSSR count). The van der Waals surface area contributed by atoms with Crippen molar-refractivity contribution in [1.82, 2.24) is 14.8 Å². The van der Waals surface area contributed by atoms with Crippen molar-refractivity contribution in [2.45, 2.75) is 12.1 Å². The molecule has 8 heteroatoms. The normalized spacial score (nSPS) is 17.8. The van der Waals surface area contributed by atoms with E-state index in [0.29, 0.717) is 16.6 Å². The fourth-order valence-electron chi connectivity index (χ4n) is 3.84. The first-order chi connectivity index (χ1) is 15.5. The maximum atomic E-state index is 15.1. The molecule has 0 saturated heterocycles. The molecule has 0 aliphatic carbocycles. The third-order valence-corrected chi connectivity index (χ3v) is 5.94. The number of aromatic nitrogens is 3. The van der Waals surface area contributed by atoms with Gasteiger partial charge in [0.1, 0.15) is 30.6 Å². The number of halogens is 3. The van der Waals surface area contributed by atoms with E-state index in [1.54, 1.807) is 29.2 Å². The Morgan fingerprint density at radius 3 is 2.56 bits per heavy atom. The van der Waals surface area contributed by atoms with Gasteiger partial charge in [-0.25, -0.2) is 14.4 Å². The first kappa shape index (κ1) is 20.7. The standard InChI is InChI=1S/C24H17Cl2FN4O/c25-18-7-9-20(21(26)11-18)24(12-31-15-28-14-29-31)13-32-23(30-24)19-8-6-17(10-22(19)27)16-4-2-1-3-5-16/h1-11,14-15H,12-13H2. The lowest BCUT2D eigenvalue weighted by molar-refractivity contribution is 0.230. The van der Waals surface area contributed by atoms with Gasteiger partial charge in [0.15, 0.2) is 0 Å². The molecule has 160 valence electrons. The fourth-order valence-corrected chi connectivity index (χ4v) is 4.42. The van der Waals surface area contributed by atoms with Gasteiger partial charge in [-0.2, -0.15) is 5.10 Å². The largest absolute Gasteiger partial charge is 0.474 e. The van der Waals surface area contributed by atoms with Gasteiger partial charge in [0.05, 0.1) is 12.1 Å². The van der Waals surface area contributed by atoms with Gasteiger partial charge in [-0.05, 0) is 35.4 Å². The Balaban J connectivity index is 1.56. The highest BCUT2D eigenvalue weighted by Gasteiger charge is 2.42. The number of ether oxygens (including phenoxy) is 1. The molecule has 0 bridgehead atoms. The second-order valence-corrected chi connectivity index (χ2v) is 8.36. The van der Waals surface area contributed by atoms with E-state index in [1.165, 1.54) is 12.4 Å². The zero-order valence-electron chi connectivity index (χ0n) is 16.8. The van der Waals surface area contributed by atoms with Crippen molar-refractivity contribution in [1.29, 1.82) is 0 Å². The lowest BCUT2D eigenvalue weighted by Crippen LogP contribution is -2.32. The quantitative estimate of drug-likeness (QED) is 0.375. The third-order valence-electron chi connectivity index (χ3n) is 5.39. The fraction of sp³-hybridized carbons (Fsp3) is 0.125. The highest BCUT2D eigenvalue weighted by Crippen LogP contribution is 2.39. The molecule has 1 aromatic heterocycles. The van der Waals surface area contributed by atoms with Crippen LogP contribution >= 0.6 is 23.2 Å². The van der Waals surface area contributed by atoms with Gasteiger partial charge in [0, 0.05) is 15.6 Å². The molecular formula is C24H17Cl2FN4O. The predicted octanol–water partition coefficient (Wildman–Crippen LogP) is 5.76. The lowest BCUT2D eigenvalue weighted by Gasteiger charge is -2.25. The highest BCUT2D eigenvalue weighted by molar-refractivity contribution is 6.35. The molecule has 0 N–H and O–H groups in total. The Morgan fingerprint density at radius 1 is 1.00 bits per heavy atom. The van der Waals surface area contributed by atoms with Crippen LogP contribution in [0, 0.1) is 5.82 Å². The SMILES string of the molecule is Fc1cc(-c2ccccc2)ccc1C1=NC(Cn2cncn2)(c2ccc(Cl)cc2Cl)CO1. The van der Waals surface area contributed by atoms with E-state index in [-0.39, 0.29) is 18.1 Å². The van der Waals surface area contributed by atoms with Crippen molar-refractivity contribution < 1.29 is 9.13 Å². The van der Waals surface area contributed by atoms with Crippen LogP contribution in [0.15, 0.2) is 84.4 Å². The number of hydrogen-bond acceptors (Lipinski definition) is 4. The summed E-state index contributed by atoms with van der Waals surface area (Å²) in [7, 11) is 0. The minimum Gasteiger partial charge on any atom is -0.474 e. The Kier molecular flexibility index (Phi) is 5.41. The maximum Gasteiger partial charge on any atom is 0.220 e. The van der Waals surface area contributed by atoms with Crippen LogP contribution in [0.5, 0.6) is 0 Å². The average molecular weight is 467 g/mol. The number of hydrogen-bond donors (Lipinski definition) is 0. The molecule has 0 radical (unpaired) electrons. The summed E-state index contributed by atoms with van der Waals surface area (Å²) in [6.07, 6.45) is 3.04. The molecule has 1 aliphatic rings. The molecule has 1 atom stereocenters.